The average Bonchev–Trinajstić information content (AvgIpc) is 3.18. The number of hydrogen-bond donors (Lipinski definition) is 2. The van der Waals surface area contributed by atoms with E-state index < -0.39 is 0 Å². The Bertz CT molecular complexity index is 718. The lowest BCUT2D eigenvalue weighted by atomic mass is 9.79. The van der Waals surface area contributed by atoms with Crippen molar-refractivity contribution in [2.24, 2.45) is 0 Å². The summed E-state index contributed by atoms with van der Waals surface area (Å²) in [6.45, 7) is 5.51. The van der Waals surface area contributed by atoms with Crippen LogP contribution in [0.25, 0.3) is 11.3 Å². The van der Waals surface area contributed by atoms with Gasteiger partial charge in [-0.3, -0.25) is 10.00 Å². The molecule has 2 aromatic rings. The minimum absolute atomic E-state index is 0.220. The zero-order valence-electron chi connectivity index (χ0n) is 15.8. The second-order valence-corrected chi connectivity index (χ2v) is 7.77. The molecule has 2 aliphatic rings. The zero-order valence-corrected chi connectivity index (χ0v) is 15.8. The van der Waals surface area contributed by atoms with Crippen LogP contribution in [0.1, 0.15) is 37.7 Å². The smallest absolute Gasteiger partial charge is 0.123 e. The molecule has 27 heavy (non-hydrogen) atoms. The lowest BCUT2D eigenvalue weighted by Gasteiger charge is -2.48. The Hall–Kier alpha value is -1.76. The maximum Gasteiger partial charge on any atom is 0.123 e. The minimum atomic E-state index is -0.220. The lowest BCUT2D eigenvalue weighted by Crippen LogP contribution is -2.59. The second kappa shape index (κ2) is 8.50. The van der Waals surface area contributed by atoms with Crippen LogP contribution in [-0.4, -0.2) is 53.5 Å². The molecule has 1 aliphatic heterocycles. The van der Waals surface area contributed by atoms with E-state index in [4.69, 9.17) is 4.74 Å². The molecule has 2 heterocycles. The Morgan fingerprint density at radius 1 is 1.11 bits per heavy atom. The van der Waals surface area contributed by atoms with Crippen molar-refractivity contribution in [3.05, 3.63) is 41.8 Å². The number of aromatic nitrogens is 2. The van der Waals surface area contributed by atoms with Crippen molar-refractivity contribution in [1.29, 1.82) is 0 Å². The summed E-state index contributed by atoms with van der Waals surface area (Å²) in [4.78, 5) is 2.65. The van der Waals surface area contributed by atoms with E-state index in [1.807, 2.05) is 6.20 Å². The summed E-state index contributed by atoms with van der Waals surface area (Å²) in [5, 5.41) is 11.0. The van der Waals surface area contributed by atoms with Gasteiger partial charge in [0.15, 0.2) is 0 Å². The van der Waals surface area contributed by atoms with Crippen LogP contribution >= 0.6 is 0 Å². The Labute approximate surface area is 160 Å². The standard InChI is InChI=1S/C21H29FN4O/c22-19-6-4-17(5-7-19)20-18(15-24-25-20)14-23-16-21(8-2-1-3-9-21)26-10-12-27-13-11-26/h4-7,15,23H,1-3,8-14,16H2,(H,24,25). The maximum atomic E-state index is 13.2. The molecule has 2 N–H and O–H groups in total. The predicted molar refractivity (Wildman–Crippen MR) is 104 cm³/mol. The highest BCUT2D eigenvalue weighted by molar-refractivity contribution is 5.62. The van der Waals surface area contributed by atoms with E-state index in [0.717, 1.165) is 56.2 Å². The highest BCUT2D eigenvalue weighted by Crippen LogP contribution is 2.34. The minimum Gasteiger partial charge on any atom is -0.379 e. The topological polar surface area (TPSA) is 53.2 Å². The first-order valence-corrected chi connectivity index (χ1v) is 10.1. The molecule has 0 amide bonds. The lowest BCUT2D eigenvalue weighted by molar-refractivity contribution is -0.0369. The van der Waals surface area contributed by atoms with Crippen LogP contribution in [0, 0.1) is 5.82 Å². The first-order valence-electron chi connectivity index (χ1n) is 10.1. The third-order valence-corrected chi connectivity index (χ3v) is 6.09. The van der Waals surface area contributed by atoms with Crippen LogP contribution in [0.3, 0.4) is 0 Å². The molecule has 1 saturated heterocycles. The van der Waals surface area contributed by atoms with Gasteiger partial charge in [0.25, 0.3) is 0 Å². The molecule has 1 aromatic carbocycles. The van der Waals surface area contributed by atoms with Crippen molar-refractivity contribution < 1.29 is 9.13 Å². The molecule has 0 atom stereocenters. The largest absolute Gasteiger partial charge is 0.379 e. The number of morpholine rings is 1. The molecule has 0 spiro atoms. The number of hydrogen-bond acceptors (Lipinski definition) is 4. The molecule has 2 fully saturated rings. The van der Waals surface area contributed by atoms with Crippen LogP contribution in [0.15, 0.2) is 30.5 Å². The number of halogens is 1. The molecule has 4 rings (SSSR count). The van der Waals surface area contributed by atoms with Crippen molar-refractivity contribution >= 4 is 0 Å². The van der Waals surface area contributed by atoms with Gasteiger partial charge in [-0.25, -0.2) is 4.39 Å². The molecule has 0 bridgehead atoms. The molecule has 146 valence electrons. The van der Waals surface area contributed by atoms with Gasteiger partial charge < -0.3 is 10.1 Å². The zero-order chi connectivity index (χ0) is 18.5. The Balaban J connectivity index is 1.42. The second-order valence-electron chi connectivity index (χ2n) is 7.77. The van der Waals surface area contributed by atoms with Gasteiger partial charge in [-0.1, -0.05) is 19.3 Å². The maximum absolute atomic E-state index is 13.2. The quantitative estimate of drug-likeness (QED) is 0.817. The molecule has 0 unspecified atom stereocenters. The number of rotatable bonds is 6. The van der Waals surface area contributed by atoms with E-state index in [1.54, 1.807) is 12.1 Å². The number of H-pyrrole nitrogens is 1. The van der Waals surface area contributed by atoms with Gasteiger partial charge in [0.1, 0.15) is 5.82 Å². The van der Waals surface area contributed by atoms with Gasteiger partial charge in [0.05, 0.1) is 25.1 Å². The Morgan fingerprint density at radius 3 is 2.59 bits per heavy atom. The predicted octanol–water partition coefficient (Wildman–Crippen LogP) is 3.34. The van der Waals surface area contributed by atoms with Gasteiger partial charge in [-0.2, -0.15) is 5.10 Å². The molecule has 6 heteroatoms. The summed E-state index contributed by atoms with van der Waals surface area (Å²) in [5.41, 5.74) is 3.30. The van der Waals surface area contributed by atoms with Crippen molar-refractivity contribution in [1.82, 2.24) is 20.4 Å². The molecule has 1 aliphatic carbocycles. The van der Waals surface area contributed by atoms with Crippen molar-refractivity contribution in [2.75, 3.05) is 32.8 Å². The van der Waals surface area contributed by atoms with E-state index in [0.29, 0.717) is 0 Å². The first-order chi connectivity index (χ1) is 13.3. The van der Waals surface area contributed by atoms with E-state index >= 15 is 0 Å². The van der Waals surface area contributed by atoms with E-state index in [2.05, 4.69) is 20.4 Å². The average molecular weight is 372 g/mol. The fourth-order valence-corrected chi connectivity index (χ4v) is 4.59. The van der Waals surface area contributed by atoms with Gasteiger partial charge in [0.2, 0.25) is 0 Å². The van der Waals surface area contributed by atoms with Gasteiger partial charge >= 0.3 is 0 Å². The van der Waals surface area contributed by atoms with Gasteiger partial charge in [0, 0.05) is 42.8 Å². The van der Waals surface area contributed by atoms with Crippen LogP contribution < -0.4 is 5.32 Å². The normalized spacial score (nSPS) is 20.6. The van der Waals surface area contributed by atoms with Crippen LogP contribution in [0.5, 0.6) is 0 Å². The molecule has 1 aromatic heterocycles. The number of benzene rings is 1. The van der Waals surface area contributed by atoms with Crippen molar-refractivity contribution in [3.63, 3.8) is 0 Å². The third-order valence-electron chi connectivity index (χ3n) is 6.09. The van der Waals surface area contributed by atoms with Crippen LogP contribution in [0.2, 0.25) is 0 Å². The summed E-state index contributed by atoms with van der Waals surface area (Å²) in [6.07, 6.45) is 8.36. The molecular formula is C21H29FN4O. The SMILES string of the molecule is Fc1ccc(-c2[nH]ncc2CNCC2(N3CCOCC3)CCCCC2)cc1. The van der Waals surface area contributed by atoms with Crippen molar-refractivity contribution in [3.8, 4) is 11.3 Å². The van der Waals surface area contributed by atoms with Gasteiger partial charge in [-0.05, 0) is 37.1 Å². The number of nitrogens with zero attached hydrogens (tertiary/aromatic N) is 2. The monoisotopic (exact) mass is 372 g/mol. The number of aromatic amines is 1. The fraction of sp³-hybridized carbons (Fsp3) is 0.571. The highest BCUT2D eigenvalue weighted by Gasteiger charge is 2.38. The molecule has 5 nitrogen and oxygen atoms in total. The molecular weight excluding hydrogens is 343 g/mol. The first kappa shape index (κ1) is 18.6. The third kappa shape index (κ3) is 4.23. The Kier molecular flexibility index (Phi) is 5.86. The summed E-state index contributed by atoms with van der Waals surface area (Å²) >= 11 is 0. The summed E-state index contributed by atoms with van der Waals surface area (Å²) in [7, 11) is 0. The van der Waals surface area contributed by atoms with Crippen molar-refractivity contribution in [2.45, 2.75) is 44.2 Å². The van der Waals surface area contributed by atoms with E-state index in [-0.39, 0.29) is 11.4 Å². The molecule has 0 radical (unpaired) electrons. The summed E-state index contributed by atoms with van der Waals surface area (Å²) in [6, 6.07) is 6.57. The summed E-state index contributed by atoms with van der Waals surface area (Å²) < 4.78 is 18.8. The van der Waals surface area contributed by atoms with E-state index in [1.165, 1.54) is 44.2 Å². The number of ether oxygens (including phenoxy) is 1. The summed E-state index contributed by atoms with van der Waals surface area (Å²) in [5.74, 6) is -0.220. The number of nitrogens with one attached hydrogen (secondary N) is 2. The van der Waals surface area contributed by atoms with Crippen LogP contribution in [-0.2, 0) is 11.3 Å². The Morgan fingerprint density at radius 2 is 1.85 bits per heavy atom. The molecule has 1 saturated carbocycles. The fourth-order valence-electron chi connectivity index (χ4n) is 4.59. The van der Waals surface area contributed by atoms with E-state index in [9.17, 15) is 4.39 Å². The van der Waals surface area contributed by atoms with Crippen LogP contribution in [0.4, 0.5) is 4.39 Å². The highest BCUT2D eigenvalue weighted by atomic mass is 19.1. The van der Waals surface area contributed by atoms with Gasteiger partial charge in [-0.15, -0.1) is 0 Å².